The van der Waals surface area contributed by atoms with Crippen LogP contribution in [-0.2, 0) is 72.4 Å². The lowest BCUT2D eigenvalue weighted by molar-refractivity contribution is -0.172. The molecule has 9 atom stereocenters. The van der Waals surface area contributed by atoms with Crippen molar-refractivity contribution in [3.8, 4) is 11.4 Å². The van der Waals surface area contributed by atoms with Gasteiger partial charge in [0.1, 0.15) is 61.0 Å². The van der Waals surface area contributed by atoms with Crippen LogP contribution in [0.1, 0.15) is 81.2 Å². The molecule has 11 N–H and O–H groups in total. The number of fused-ring (bicyclic) bond motifs is 5. The lowest BCUT2D eigenvalue weighted by Gasteiger charge is -2.31. The molecule has 3 aliphatic rings. The number of ether oxygens (including phenoxy) is 1. The van der Waals surface area contributed by atoms with E-state index in [0.29, 0.717) is 45.1 Å². The Bertz CT molecular complexity index is 3070. The number of aromatic nitrogens is 2. The van der Waals surface area contributed by atoms with E-state index in [1.54, 1.807) is 37.7 Å². The minimum Gasteiger partial charge on any atom is -0.458 e. The second-order valence-corrected chi connectivity index (χ2v) is 22.3. The predicted molar refractivity (Wildman–Crippen MR) is 294 cm³/mol. The van der Waals surface area contributed by atoms with Crippen molar-refractivity contribution in [1.29, 1.82) is 0 Å². The Labute approximate surface area is 478 Å². The molecule has 5 heterocycles. The van der Waals surface area contributed by atoms with Gasteiger partial charge in [-0.3, -0.25) is 48.1 Å². The Kier molecular flexibility index (Phi) is 21.9. The highest BCUT2D eigenvalue weighted by atomic mass is 32.2. The van der Waals surface area contributed by atoms with Crippen molar-refractivity contribution in [1.82, 2.24) is 45.9 Å². The van der Waals surface area contributed by atoms with Crippen molar-refractivity contribution in [2.24, 2.45) is 0 Å². The van der Waals surface area contributed by atoms with Crippen LogP contribution in [0.4, 0.5) is 4.39 Å². The number of thioether (sulfide) groups is 2. The number of benzene rings is 1. The van der Waals surface area contributed by atoms with E-state index < -0.39 is 151 Å². The molecule has 0 bridgehead atoms. The van der Waals surface area contributed by atoms with Crippen molar-refractivity contribution in [3.63, 3.8) is 0 Å². The van der Waals surface area contributed by atoms with Gasteiger partial charge in [0, 0.05) is 85.0 Å². The van der Waals surface area contributed by atoms with Crippen LogP contribution in [-0.4, -0.2) is 196 Å². The zero-order chi connectivity index (χ0) is 60.5. The van der Waals surface area contributed by atoms with Crippen LogP contribution < -0.4 is 32.1 Å². The quantitative estimate of drug-likeness (QED) is 0.0122. The number of halogens is 1. The van der Waals surface area contributed by atoms with Crippen LogP contribution in [0.3, 0.4) is 0 Å². The van der Waals surface area contributed by atoms with Gasteiger partial charge in [0.25, 0.3) is 17.4 Å². The maximum atomic E-state index is 14.9. The normalized spacial score (nSPS) is 18.2. The topological polar surface area (TPSA) is 386 Å². The van der Waals surface area contributed by atoms with Crippen LogP contribution in [0.2, 0.25) is 0 Å². The lowest BCUT2D eigenvalue weighted by atomic mass is 9.86. The number of carbonyl (C=O) groups excluding carboxylic acids is 9. The molecule has 1 aromatic carbocycles. The second-order valence-electron chi connectivity index (χ2n) is 20.1. The number of nitrogens with one attached hydrogen (secondary N) is 5. The molecule has 0 radical (unpaired) electrons. The summed E-state index contributed by atoms with van der Waals surface area (Å²) in [6.07, 6.45) is -6.78. The van der Waals surface area contributed by atoms with Gasteiger partial charge in [-0.05, 0) is 63.8 Å². The van der Waals surface area contributed by atoms with E-state index in [1.165, 1.54) is 50.2 Å². The number of nitrogens with zero attached hydrogens (tertiary/aromatic N) is 4. The monoisotopic (exact) mass is 1190 g/mol. The highest BCUT2D eigenvalue weighted by Crippen LogP contribution is 2.41. The lowest BCUT2D eigenvalue weighted by Crippen LogP contribution is -2.56. The molecule has 3 aromatic rings. The molecule has 0 aliphatic carbocycles. The summed E-state index contributed by atoms with van der Waals surface area (Å²) in [5.41, 5.74) is 1.15. The average molecular weight is 1190 g/mol. The van der Waals surface area contributed by atoms with Crippen LogP contribution in [0, 0.1) is 12.7 Å². The smallest absolute Gasteiger partial charge is 0.343 e. The first kappa shape index (κ1) is 64.3. The Morgan fingerprint density at radius 3 is 2.07 bits per heavy atom. The number of aliphatic hydroxyl groups is 6. The molecule has 0 saturated carbocycles. The van der Waals surface area contributed by atoms with E-state index in [9.17, 15) is 77.9 Å². The number of aliphatic hydroxyl groups excluding tert-OH is 5. The molecular formula is C53H68FN9O17S2. The third kappa shape index (κ3) is 14.8. The van der Waals surface area contributed by atoms with Gasteiger partial charge in [-0.25, -0.2) is 14.2 Å². The molecule has 26 nitrogen and oxygen atoms in total. The van der Waals surface area contributed by atoms with Gasteiger partial charge in [-0.15, -0.1) is 11.8 Å². The zero-order valence-corrected chi connectivity index (χ0v) is 47.5. The van der Waals surface area contributed by atoms with Gasteiger partial charge < -0.3 is 71.4 Å². The number of amides is 8. The Balaban J connectivity index is 0.967. The molecule has 0 fully saturated rings. The predicted octanol–water partition coefficient (Wildman–Crippen LogP) is -2.44. The fourth-order valence-corrected chi connectivity index (χ4v) is 11.2. The summed E-state index contributed by atoms with van der Waals surface area (Å²) in [5.74, 6) is -5.42. The van der Waals surface area contributed by atoms with Crippen LogP contribution in [0.15, 0.2) is 35.1 Å². The summed E-state index contributed by atoms with van der Waals surface area (Å²) < 4.78 is 21.7. The SMILES string of the molecule is CC[C@@]1(O)C(=O)OCc2c1cc1n(c2=O)Cc2c-1nc1cc(F)c(C)cc1c2CSCCSCNC(=O)C(C)NC(=O)C(C)NC(=O)C(C)NC(=O)C(CCC(=O)N(C)CC(O)C(O)C(O)C(O)CO)NC(=O)CCN1C(=O)C=CC1=O. The number of rotatable bonds is 28. The Morgan fingerprint density at radius 1 is 0.829 bits per heavy atom. The van der Waals surface area contributed by atoms with E-state index in [0.717, 1.165) is 33.1 Å². The molecule has 6 rings (SSSR count). The second kappa shape index (κ2) is 27.9. The van der Waals surface area contributed by atoms with Crippen LogP contribution in [0.5, 0.6) is 0 Å². The number of hydrogen-bond acceptors (Lipinski definition) is 20. The maximum absolute atomic E-state index is 14.9. The third-order valence-corrected chi connectivity index (χ3v) is 16.4. The number of likely N-dealkylation sites (N-methyl/N-ethyl adjacent to an activating group) is 1. The fraction of sp³-hybridized carbons (Fsp3) is 0.528. The summed E-state index contributed by atoms with van der Waals surface area (Å²) in [6.45, 7) is 5.34. The number of pyridine rings is 2. The third-order valence-electron chi connectivity index (χ3n) is 14.3. The molecule has 3 aliphatic heterocycles. The molecule has 0 saturated heterocycles. The summed E-state index contributed by atoms with van der Waals surface area (Å²) in [6, 6.07) is -0.460. The Hall–Kier alpha value is -6.86. The van der Waals surface area contributed by atoms with Crippen molar-refractivity contribution in [3.05, 3.63) is 74.3 Å². The molecular weight excluding hydrogens is 1120 g/mol. The highest BCUT2D eigenvalue weighted by molar-refractivity contribution is 8.02. The molecule has 82 heavy (non-hydrogen) atoms. The highest BCUT2D eigenvalue weighted by Gasteiger charge is 2.46. The Morgan fingerprint density at radius 2 is 1.44 bits per heavy atom. The van der Waals surface area contributed by atoms with Gasteiger partial charge in [0.2, 0.25) is 35.4 Å². The van der Waals surface area contributed by atoms with Crippen molar-refractivity contribution < 1.29 is 82.9 Å². The first-order valence-corrected chi connectivity index (χ1v) is 28.6. The van der Waals surface area contributed by atoms with Gasteiger partial charge >= 0.3 is 5.97 Å². The van der Waals surface area contributed by atoms with Crippen molar-refractivity contribution >= 4 is 87.7 Å². The maximum Gasteiger partial charge on any atom is 0.343 e. The van der Waals surface area contributed by atoms with Crippen molar-refractivity contribution in [2.75, 3.05) is 44.1 Å². The first-order chi connectivity index (χ1) is 38.7. The van der Waals surface area contributed by atoms with Gasteiger partial charge in [-0.1, -0.05) is 6.92 Å². The molecule has 2 aromatic heterocycles. The van der Waals surface area contributed by atoms with E-state index in [1.807, 2.05) is 0 Å². The van der Waals surface area contributed by atoms with E-state index in [-0.39, 0.29) is 43.1 Å². The number of esters is 1. The molecule has 446 valence electrons. The summed E-state index contributed by atoms with van der Waals surface area (Å²) in [4.78, 5) is 136. The standard InChI is InChI=1S/C53H68FN9O17S2/c1-7-53(79)33-17-37-44-30(19-63(37)51(77)31(33)22-80-52(53)78)32(29-16-25(2)34(54)18-36(29)60-44)23-81-14-15-82-24-55-47(73)26(3)56-48(74)27(4)57-49(75)28(5)58-50(76)35(59-40(67)12-13-62-42(69)10-11-43(62)70)8-9-41(68)61(6)20-38(65)45(71)46(72)39(66)21-64/h10-11,16-18,26-28,35,38-39,45-46,64-66,71-72,79H,7-9,12-15,19-24H2,1-6H3,(H,55,73)(H,56,74)(H,57,75)(H,58,76)(H,59,67)/t26?,27?,28?,35?,38?,39?,45?,46?,53-/m0/s1. The molecule has 0 spiro atoms. The fourth-order valence-electron chi connectivity index (χ4n) is 9.20. The van der Waals surface area contributed by atoms with E-state index in [4.69, 9.17) is 14.8 Å². The van der Waals surface area contributed by atoms with Crippen LogP contribution in [0.25, 0.3) is 22.3 Å². The minimum absolute atomic E-state index is 0.0244. The largest absolute Gasteiger partial charge is 0.458 e. The molecule has 8 unspecified atom stereocenters. The van der Waals surface area contributed by atoms with Crippen LogP contribution >= 0.6 is 23.5 Å². The zero-order valence-electron chi connectivity index (χ0n) is 45.9. The number of carbonyl (C=O) groups is 9. The molecule has 8 amide bonds. The van der Waals surface area contributed by atoms with Crippen molar-refractivity contribution in [2.45, 2.75) is 133 Å². The number of hydrogen-bond donors (Lipinski definition) is 11. The number of cyclic esters (lactones) is 1. The van der Waals surface area contributed by atoms with E-state index in [2.05, 4.69) is 26.6 Å². The summed E-state index contributed by atoms with van der Waals surface area (Å²) in [7, 11) is 1.22. The van der Waals surface area contributed by atoms with Gasteiger partial charge in [-0.2, -0.15) is 11.8 Å². The average Bonchev–Trinajstić information content (AvgIpc) is 4.13. The van der Waals surface area contributed by atoms with Gasteiger partial charge in [0.05, 0.1) is 41.5 Å². The minimum atomic E-state index is -2.01. The summed E-state index contributed by atoms with van der Waals surface area (Å²) >= 11 is 2.97. The molecule has 29 heteroatoms. The van der Waals surface area contributed by atoms with E-state index >= 15 is 0 Å². The first-order valence-electron chi connectivity index (χ1n) is 26.3. The number of aryl methyl sites for hydroxylation is 1. The summed E-state index contributed by atoms with van der Waals surface area (Å²) in [5, 5.41) is 73.7. The number of imide groups is 1. The van der Waals surface area contributed by atoms with Gasteiger partial charge in [0.15, 0.2) is 5.60 Å².